The Balaban J connectivity index is 0. The topological polar surface area (TPSA) is 55.3 Å². The van der Waals surface area contributed by atoms with Crippen molar-refractivity contribution in [3.63, 3.8) is 0 Å². The molecule has 0 saturated carbocycles. The Kier molecular flexibility index (Phi) is 19.5. The number of halogens is 1. The number of rotatable bonds is 11. The summed E-state index contributed by atoms with van der Waals surface area (Å²) in [5.41, 5.74) is 0.255. The maximum absolute atomic E-state index is 6.34. The molecular formula is C14H34ClN3. The van der Waals surface area contributed by atoms with E-state index in [0.29, 0.717) is 0 Å². The van der Waals surface area contributed by atoms with E-state index in [-0.39, 0.29) is 5.50 Å². The third-order valence-electron chi connectivity index (χ3n) is 3.25. The molecule has 0 aliphatic rings. The molecule has 0 aliphatic carbocycles. The van der Waals surface area contributed by atoms with Crippen LogP contribution in [-0.4, -0.2) is 23.5 Å². The lowest BCUT2D eigenvalue weighted by atomic mass is 10.1. The third kappa shape index (κ3) is 12.6. The molecule has 3 nitrogen and oxygen atoms in total. The van der Waals surface area contributed by atoms with Crippen LogP contribution in [0.2, 0.25) is 0 Å². The second-order valence-electron chi connectivity index (χ2n) is 4.57. The molecule has 112 valence electrons. The SMILES string of the molecule is CCCCCCCCCC(Cl)N(CC)CC.NN. The van der Waals surface area contributed by atoms with Crippen LogP contribution < -0.4 is 11.7 Å². The van der Waals surface area contributed by atoms with Gasteiger partial charge in [0.15, 0.2) is 0 Å². The summed E-state index contributed by atoms with van der Waals surface area (Å²) < 4.78 is 0. The molecule has 0 amide bonds. The van der Waals surface area contributed by atoms with Gasteiger partial charge in [0.05, 0.1) is 5.50 Å². The van der Waals surface area contributed by atoms with Gasteiger partial charge in [-0.1, -0.05) is 65.7 Å². The fraction of sp³-hybridized carbons (Fsp3) is 1.00. The summed E-state index contributed by atoms with van der Waals surface area (Å²) in [6.45, 7) is 8.78. The summed E-state index contributed by atoms with van der Waals surface area (Å²) in [7, 11) is 0. The minimum atomic E-state index is 0.255. The second-order valence-corrected chi connectivity index (χ2v) is 5.07. The zero-order valence-corrected chi connectivity index (χ0v) is 13.4. The highest BCUT2D eigenvalue weighted by Crippen LogP contribution is 2.15. The van der Waals surface area contributed by atoms with Crippen molar-refractivity contribution in [3.8, 4) is 0 Å². The van der Waals surface area contributed by atoms with Crippen LogP contribution in [0.3, 0.4) is 0 Å². The Bertz CT molecular complexity index is 141. The van der Waals surface area contributed by atoms with Crippen LogP contribution in [0.15, 0.2) is 0 Å². The molecule has 0 spiro atoms. The second kappa shape index (κ2) is 17.2. The molecule has 0 aromatic rings. The largest absolute Gasteiger partial charge is 0.288 e. The van der Waals surface area contributed by atoms with Crippen LogP contribution in [0.4, 0.5) is 0 Å². The van der Waals surface area contributed by atoms with Crippen molar-refractivity contribution in [3.05, 3.63) is 0 Å². The summed E-state index contributed by atoms with van der Waals surface area (Å²) in [6.07, 6.45) is 10.7. The van der Waals surface area contributed by atoms with Crippen LogP contribution in [0.25, 0.3) is 0 Å². The lowest BCUT2D eigenvalue weighted by molar-refractivity contribution is 0.264. The quantitative estimate of drug-likeness (QED) is 0.199. The molecule has 0 bridgehead atoms. The normalized spacial score (nSPS) is 12.2. The summed E-state index contributed by atoms with van der Waals surface area (Å²) in [6, 6.07) is 0. The van der Waals surface area contributed by atoms with Gasteiger partial charge >= 0.3 is 0 Å². The van der Waals surface area contributed by atoms with Crippen LogP contribution in [0.1, 0.15) is 72.1 Å². The Morgan fingerprint density at radius 2 is 1.28 bits per heavy atom. The highest BCUT2D eigenvalue weighted by Gasteiger charge is 2.10. The predicted molar refractivity (Wildman–Crippen MR) is 83.5 cm³/mol. The maximum Gasteiger partial charge on any atom is 0.0850 e. The zero-order chi connectivity index (χ0) is 14.2. The third-order valence-corrected chi connectivity index (χ3v) is 3.75. The van der Waals surface area contributed by atoms with E-state index in [0.717, 1.165) is 19.5 Å². The van der Waals surface area contributed by atoms with E-state index >= 15 is 0 Å². The Morgan fingerprint density at radius 1 is 0.833 bits per heavy atom. The van der Waals surface area contributed by atoms with Crippen molar-refractivity contribution in [2.45, 2.75) is 77.6 Å². The number of hydrogen-bond acceptors (Lipinski definition) is 3. The number of nitrogens with two attached hydrogens (primary N) is 2. The standard InChI is InChI=1S/C14H30ClN.H4N2/c1-4-7-8-9-10-11-12-13-14(15)16(5-2)6-3;1-2/h14H,4-13H2,1-3H3;1-2H2. The van der Waals surface area contributed by atoms with Gasteiger partial charge in [-0.15, -0.1) is 11.6 Å². The van der Waals surface area contributed by atoms with Crippen LogP contribution in [0.5, 0.6) is 0 Å². The van der Waals surface area contributed by atoms with Gasteiger partial charge in [0.2, 0.25) is 0 Å². The van der Waals surface area contributed by atoms with E-state index in [1.54, 1.807) is 0 Å². The van der Waals surface area contributed by atoms with E-state index in [2.05, 4.69) is 37.4 Å². The minimum Gasteiger partial charge on any atom is -0.288 e. The molecule has 0 fully saturated rings. The predicted octanol–water partition coefficient (Wildman–Crippen LogP) is 3.85. The first kappa shape index (κ1) is 20.5. The first-order valence-corrected chi connectivity index (χ1v) is 7.91. The summed E-state index contributed by atoms with van der Waals surface area (Å²) in [5.74, 6) is 8.00. The van der Waals surface area contributed by atoms with Gasteiger partial charge in [-0.05, 0) is 19.5 Å². The van der Waals surface area contributed by atoms with E-state index in [1.807, 2.05) is 0 Å². The molecule has 0 aliphatic heterocycles. The molecule has 0 aromatic heterocycles. The minimum absolute atomic E-state index is 0.255. The van der Waals surface area contributed by atoms with Crippen molar-refractivity contribution >= 4 is 11.6 Å². The molecule has 0 rings (SSSR count). The van der Waals surface area contributed by atoms with Gasteiger partial charge in [0, 0.05) is 0 Å². The molecule has 0 heterocycles. The number of alkyl halides is 1. The lowest BCUT2D eigenvalue weighted by Gasteiger charge is -2.24. The van der Waals surface area contributed by atoms with Crippen molar-refractivity contribution < 1.29 is 0 Å². The molecule has 0 saturated heterocycles. The molecule has 18 heavy (non-hydrogen) atoms. The molecular weight excluding hydrogens is 246 g/mol. The van der Waals surface area contributed by atoms with Crippen molar-refractivity contribution in [1.82, 2.24) is 4.90 Å². The fourth-order valence-corrected chi connectivity index (χ4v) is 2.50. The lowest BCUT2D eigenvalue weighted by Crippen LogP contribution is -2.30. The van der Waals surface area contributed by atoms with Gasteiger partial charge in [-0.3, -0.25) is 16.6 Å². The number of unbranched alkanes of at least 4 members (excludes halogenated alkanes) is 6. The van der Waals surface area contributed by atoms with E-state index in [9.17, 15) is 0 Å². The van der Waals surface area contributed by atoms with Crippen molar-refractivity contribution in [2.24, 2.45) is 11.7 Å². The number of hydrazine groups is 1. The summed E-state index contributed by atoms with van der Waals surface area (Å²) in [5, 5.41) is 0. The zero-order valence-electron chi connectivity index (χ0n) is 12.6. The first-order chi connectivity index (χ1) is 8.76. The van der Waals surface area contributed by atoms with E-state index in [4.69, 9.17) is 11.6 Å². The first-order valence-electron chi connectivity index (χ1n) is 7.47. The monoisotopic (exact) mass is 279 g/mol. The van der Waals surface area contributed by atoms with Gasteiger partial charge in [0.1, 0.15) is 0 Å². The van der Waals surface area contributed by atoms with Gasteiger partial charge < -0.3 is 0 Å². The average Bonchev–Trinajstić information content (AvgIpc) is 2.41. The molecule has 0 radical (unpaired) electrons. The summed E-state index contributed by atoms with van der Waals surface area (Å²) in [4.78, 5) is 2.33. The highest BCUT2D eigenvalue weighted by atomic mass is 35.5. The van der Waals surface area contributed by atoms with Crippen molar-refractivity contribution in [1.29, 1.82) is 0 Å². The Hall–Kier alpha value is 0.170. The maximum atomic E-state index is 6.34. The molecule has 1 unspecified atom stereocenters. The summed E-state index contributed by atoms with van der Waals surface area (Å²) >= 11 is 6.34. The smallest absolute Gasteiger partial charge is 0.0850 e. The fourth-order valence-electron chi connectivity index (χ4n) is 2.07. The van der Waals surface area contributed by atoms with Crippen LogP contribution in [0, 0.1) is 0 Å². The van der Waals surface area contributed by atoms with Crippen LogP contribution in [-0.2, 0) is 0 Å². The average molecular weight is 280 g/mol. The van der Waals surface area contributed by atoms with Gasteiger partial charge in [-0.25, -0.2) is 0 Å². The van der Waals surface area contributed by atoms with Crippen LogP contribution >= 0.6 is 11.6 Å². The number of nitrogens with zero attached hydrogens (tertiary/aromatic N) is 1. The molecule has 4 heteroatoms. The Labute approximate surface area is 119 Å². The van der Waals surface area contributed by atoms with Gasteiger partial charge in [-0.2, -0.15) is 0 Å². The molecule has 1 atom stereocenters. The Morgan fingerprint density at radius 3 is 1.72 bits per heavy atom. The highest BCUT2D eigenvalue weighted by molar-refractivity contribution is 6.20. The van der Waals surface area contributed by atoms with Gasteiger partial charge in [0.25, 0.3) is 0 Å². The van der Waals surface area contributed by atoms with Crippen molar-refractivity contribution in [2.75, 3.05) is 13.1 Å². The molecule has 0 aromatic carbocycles. The molecule has 4 N–H and O–H groups in total. The number of hydrogen-bond donors (Lipinski definition) is 2. The van der Waals surface area contributed by atoms with E-state index in [1.165, 1.54) is 44.9 Å². The van der Waals surface area contributed by atoms with E-state index < -0.39 is 0 Å².